The first-order chi connectivity index (χ1) is 14.9. The molecule has 0 aromatic heterocycles. The molecule has 31 heavy (non-hydrogen) atoms. The Bertz CT molecular complexity index is 1130. The zero-order valence-electron chi connectivity index (χ0n) is 16.7. The number of rotatable bonds is 9. The van der Waals surface area contributed by atoms with E-state index in [4.69, 9.17) is 9.84 Å². The maximum absolute atomic E-state index is 13.2. The van der Waals surface area contributed by atoms with Gasteiger partial charge in [-0.3, -0.25) is 9.59 Å². The molecule has 0 aliphatic carbocycles. The normalized spacial score (nSPS) is 10.3. The maximum atomic E-state index is 13.2. The largest absolute Gasteiger partial charge is 0.481 e. The minimum Gasteiger partial charge on any atom is -0.481 e. The van der Waals surface area contributed by atoms with Crippen molar-refractivity contribution in [2.45, 2.75) is 25.7 Å². The number of ketones is 1. The molecule has 0 heterocycles. The lowest BCUT2D eigenvalue weighted by molar-refractivity contribution is -0.136. The Morgan fingerprint density at radius 2 is 1.77 bits per heavy atom. The summed E-state index contributed by atoms with van der Waals surface area (Å²) < 4.78 is 18.9. The summed E-state index contributed by atoms with van der Waals surface area (Å²) in [6.07, 6.45) is 1.42. The summed E-state index contributed by atoms with van der Waals surface area (Å²) >= 11 is 0. The predicted octanol–water partition coefficient (Wildman–Crippen LogP) is 5.32. The summed E-state index contributed by atoms with van der Waals surface area (Å²) in [6.45, 7) is 0. The van der Waals surface area contributed by atoms with E-state index < -0.39 is 5.97 Å². The molecule has 0 radical (unpaired) electrons. The summed E-state index contributed by atoms with van der Waals surface area (Å²) in [5.41, 5.74) is 2.15. The van der Waals surface area contributed by atoms with Crippen molar-refractivity contribution >= 4 is 11.8 Å². The molecule has 3 rings (SSSR count). The smallest absolute Gasteiger partial charge is 0.307 e. The number of carbonyl (C=O) groups is 2. The van der Waals surface area contributed by atoms with E-state index in [9.17, 15) is 19.2 Å². The van der Waals surface area contributed by atoms with Gasteiger partial charge in [0.05, 0.1) is 12.0 Å². The average Bonchev–Trinajstić information content (AvgIpc) is 2.75. The van der Waals surface area contributed by atoms with E-state index in [2.05, 4.69) is 0 Å². The molecule has 0 amide bonds. The lowest BCUT2D eigenvalue weighted by Crippen LogP contribution is -2.01. The Morgan fingerprint density at radius 1 is 1.00 bits per heavy atom. The van der Waals surface area contributed by atoms with Gasteiger partial charge in [0.25, 0.3) is 0 Å². The van der Waals surface area contributed by atoms with Crippen molar-refractivity contribution < 1.29 is 23.8 Å². The molecule has 3 aromatic rings. The van der Waals surface area contributed by atoms with Crippen molar-refractivity contribution in [3.8, 4) is 17.6 Å². The molecule has 0 unspecified atom stereocenters. The number of nitrogens with zero attached hydrogens (tertiary/aromatic N) is 1. The third-order valence-electron chi connectivity index (χ3n) is 4.68. The second-order valence-electron chi connectivity index (χ2n) is 7.05. The van der Waals surface area contributed by atoms with Crippen LogP contribution in [0.2, 0.25) is 0 Å². The van der Waals surface area contributed by atoms with Crippen LogP contribution in [0.1, 0.15) is 39.9 Å². The van der Waals surface area contributed by atoms with Crippen molar-refractivity contribution in [1.29, 1.82) is 5.26 Å². The van der Waals surface area contributed by atoms with E-state index in [0.29, 0.717) is 41.9 Å². The minimum atomic E-state index is -0.978. The first-order valence-corrected chi connectivity index (χ1v) is 9.75. The fourth-order valence-electron chi connectivity index (χ4n) is 3.16. The number of Topliss-reactive ketones (excluding diaryl/α,β-unsaturated/α-hetero) is 1. The van der Waals surface area contributed by atoms with E-state index >= 15 is 0 Å². The van der Waals surface area contributed by atoms with Crippen molar-refractivity contribution in [3.63, 3.8) is 0 Å². The van der Waals surface area contributed by atoms with Crippen LogP contribution < -0.4 is 4.74 Å². The summed E-state index contributed by atoms with van der Waals surface area (Å²) in [5.74, 6) is -0.507. The number of carboxylic acid groups (broad SMARTS) is 1. The molecular formula is C25H20FNO4. The molecule has 5 nitrogen and oxygen atoms in total. The van der Waals surface area contributed by atoms with Gasteiger partial charge in [-0.25, -0.2) is 4.39 Å². The fourth-order valence-corrected chi connectivity index (χ4v) is 3.16. The van der Waals surface area contributed by atoms with E-state index in [1.165, 1.54) is 18.2 Å². The van der Waals surface area contributed by atoms with Crippen LogP contribution in [-0.4, -0.2) is 16.9 Å². The monoisotopic (exact) mass is 417 g/mol. The third-order valence-corrected chi connectivity index (χ3v) is 4.68. The molecule has 0 spiro atoms. The molecule has 0 saturated heterocycles. The van der Waals surface area contributed by atoms with Crippen molar-refractivity contribution in [2.75, 3.05) is 0 Å². The number of halogens is 1. The first kappa shape index (κ1) is 21.7. The Labute approximate surface area is 179 Å². The number of ether oxygens (including phenoxy) is 1. The van der Waals surface area contributed by atoms with Crippen molar-refractivity contribution in [2.24, 2.45) is 0 Å². The number of carbonyl (C=O) groups excluding carboxylic acids is 1. The van der Waals surface area contributed by atoms with Crippen LogP contribution in [-0.2, 0) is 17.6 Å². The number of aliphatic carboxylic acids is 1. The molecule has 0 atom stereocenters. The molecule has 1 N–H and O–H groups in total. The zero-order valence-corrected chi connectivity index (χ0v) is 16.7. The number of benzene rings is 3. The number of aryl methyl sites for hydroxylation is 1. The number of nitriles is 1. The van der Waals surface area contributed by atoms with Gasteiger partial charge in [-0.05, 0) is 72.5 Å². The fraction of sp³-hybridized carbons (Fsp3) is 0.160. The van der Waals surface area contributed by atoms with Gasteiger partial charge in [0.2, 0.25) is 0 Å². The molecule has 156 valence electrons. The molecule has 0 aliphatic heterocycles. The van der Waals surface area contributed by atoms with Gasteiger partial charge in [-0.15, -0.1) is 0 Å². The van der Waals surface area contributed by atoms with Crippen LogP contribution in [0.25, 0.3) is 0 Å². The Hall–Kier alpha value is -3.98. The molecule has 3 aromatic carbocycles. The maximum Gasteiger partial charge on any atom is 0.307 e. The number of hydrogen-bond acceptors (Lipinski definition) is 4. The summed E-state index contributed by atoms with van der Waals surface area (Å²) in [4.78, 5) is 23.2. The second kappa shape index (κ2) is 10.2. The van der Waals surface area contributed by atoms with Crippen LogP contribution in [0.15, 0.2) is 66.7 Å². The van der Waals surface area contributed by atoms with Gasteiger partial charge in [-0.2, -0.15) is 5.26 Å². The van der Waals surface area contributed by atoms with Crippen molar-refractivity contribution in [3.05, 3.63) is 94.8 Å². The van der Waals surface area contributed by atoms with Gasteiger partial charge < -0.3 is 9.84 Å². The zero-order chi connectivity index (χ0) is 22.2. The summed E-state index contributed by atoms with van der Waals surface area (Å²) in [7, 11) is 0. The molecule has 6 heteroatoms. The predicted molar refractivity (Wildman–Crippen MR) is 113 cm³/mol. The highest BCUT2D eigenvalue weighted by Gasteiger charge is 2.10. The third kappa shape index (κ3) is 6.25. The van der Waals surface area contributed by atoms with E-state index in [1.807, 2.05) is 12.1 Å². The minimum absolute atomic E-state index is 0.0151. The van der Waals surface area contributed by atoms with E-state index in [1.54, 1.807) is 42.5 Å². The number of carboxylic acids is 1. The highest BCUT2D eigenvalue weighted by atomic mass is 19.1. The quantitative estimate of drug-likeness (QED) is 0.476. The van der Waals surface area contributed by atoms with Crippen LogP contribution in [0, 0.1) is 17.1 Å². The Balaban J connectivity index is 1.59. The van der Waals surface area contributed by atoms with Gasteiger partial charge in [0, 0.05) is 12.0 Å². The standard InChI is InChI=1S/C25H20FNO4/c26-21-5-1-3-17(14-21)4-2-6-23(28)19-8-10-22(11-9-19)31-24-12-7-18(15-25(29)30)13-20(24)16-27/h1,3,5,7-14H,2,4,6,15H2,(H,29,30). The van der Waals surface area contributed by atoms with Crippen LogP contribution in [0.3, 0.4) is 0 Å². The highest BCUT2D eigenvalue weighted by Crippen LogP contribution is 2.26. The van der Waals surface area contributed by atoms with Gasteiger partial charge >= 0.3 is 5.97 Å². The Morgan fingerprint density at radius 3 is 2.45 bits per heavy atom. The molecule has 0 aliphatic rings. The average molecular weight is 417 g/mol. The lowest BCUT2D eigenvalue weighted by Gasteiger charge is -2.09. The van der Waals surface area contributed by atoms with Gasteiger partial charge in [0.1, 0.15) is 23.4 Å². The van der Waals surface area contributed by atoms with E-state index in [-0.39, 0.29) is 23.6 Å². The first-order valence-electron chi connectivity index (χ1n) is 9.75. The van der Waals surface area contributed by atoms with E-state index in [0.717, 1.165) is 5.56 Å². The molecule has 0 bridgehead atoms. The number of hydrogen-bond donors (Lipinski definition) is 1. The topological polar surface area (TPSA) is 87.4 Å². The van der Waals surface area contributed by atoms with Crippen LogP contribution in [0.4, 0.5) is 4.39 Å². The van der Waals surface area contributed by atoms with Gasteiger partial charge in [-0.1, -0.05) is 18.2 Å². The van der Waals surface area contributed by atoms with Crippen molar-refractivity contribution in [1.82, 2.24) is 0 Å². The summed E-state index contributed by atoms with van der Waals surface area (Å²) in [5, 5.41) is 18.2. The lowest BCUT2D eigenvalue weighted by atomic mass is 10.0. The Kier molecular flexibility index (Phi) is 7.13. The second-order valence-corrected chi connectivity index (χ2v) is 7.05. The summed E-state index contributed by atoms with van der Waals surface area (Å²) in [6, 6.07) is 19.6. The molecule has 0 saturated carbocycles. The SMILES string of the molecule is N#Cc1cc(CC(=O)O)ccc1Oc1ccc(C(=O)CCCc2cccc(F)c2)cc1. The molecular weight excluding hydrogens is 397 g/mol. The van der Waals surface area contributed by atoms with Crippen LogP contribution >= 0.6 is 0 Å². The molecule has 0 fully saturated rings. The highest BCUT2D eigenvalue weighted by molar-refractivity contribution is 5.96. The van der Waals surface area contributed by atoms with Crippen LogP contribution in [0.5, 0.6) is 11.5 Å². The van der Waals surface area contributed by atoms with Gasteiger partial charge in [0.15, 0.2) is 5.78 Å².